The number of aromatic nitrogens is 2. The summed E-state index contributed by atoms with van der Waals surface area (Å²) in [6, 6.07) is 18.8. The Morgan fingerprint density at radius 1 is 1.03 bits per heavy atom. The van der Waals surface area contributed by atoms with Crippen LogP contribution in [0.3, 0.4) is 0 Å². The molecule has 10 heteroatoms. The Kier molecular flexibility index (Phi) is 7.10. The van der Waals surface area contributed by atoms with E-state index < -0.39 is 23.5 Å². The molecule has 5 rings (SSSR count). The zero-order valence-electron chi connectivity index (χ0n) is 19.4. The molecule has 0 saturated carbocycles. The number of hydrogen-bond acceptors (Lipinski definition) is 7. The van der Waals surface area contributed by atoms with Crippen LogP contribution in [0.25, 0.3) is 5.76 Å². The van der Waals surface area contributed by atoms with E-state index in [2.05, 4.69) is 10.2 Å². The summed E-state index contributed by atoms with van der Waals surface area (Å²) in [4.78, 5) is 27.7. The van der Waals surface area contributed by atoms with Gasteiger partial charge in [0.1, 0.15) is 11.6 Å². The van der Waals surface area contributed by atoms with Crippen molar-refractivity contribution in [1.29, 1.82) is 0 Å². The smallest absolute Gasteiger partial charge is 0.301 e. The number of rotatable bonds is 6. The van der Waals surface area contributed by atoms with Crippen molar-refractivity contribution in [2.75, 3.05) is 4.90 Å². The Morgan fingerprint density at radius 3 is 2.38 bits per heavy atom. The number of carbonyl (C=O) groups excluding carboxylic acids is 2. The molecule has 3 aromatic carbocycles. The molecular weight excluding hydrogens is 533 g/mol. The molecule has 186 valence electrons. The first-order valence-electron chi connectivity index (χ1n) is 11.2. The Bertz CT molecular complexity index is 1500. The van der Waals surface area contributed by atoms with Crippen LogP contribution in [0.2, 0.25) is 5.02 Å². The number of hydrogen-bond donors (Lipinski definition) is 1. The van der Waals surface area contributed by atoms with Gasteiger partial charge in [0.05, 0.1) is 11.6 Å². The summed E-state index contributed by atoms with van der Waals surface area (Å²) in [5, 5.41) is 20.2. The quantitative estimate of drug-likeness (QED) is 0.0960. The molecule has 4 aromatic rings. The summed E-state index contributed by atoms with van der Waals surface area (Å²) in [6.07, 6.45) is 0. The molecule has 1 aliphatic rings. The number of nitrogens with zero attached hydrogens (tertiary/aromatic N) is 3. The van der Waals surface area contributed by atoms with Gasteiger partial charge in [0.15, 0.2) is 4.34 Å². The number of anilines is 1. The molecule has 1 atom stereocenters. The number of ketones is 1. The third-order valence-corrected chi connectivity index (χ3v) is 8.21. The summed E-state index contributed by atoms with van der Waals surface area (Å²) in [5.74, 6) is -1.89. The normalized spacial score (nSPS) is 16.9. The van der Waals surface area contributed by atoms with Crippen molar-refractivity contribution in [2.45, 2.75) is 23.1 Å². The van der Waals surface area contributed by atoms with E-state index in [1.807, 2.05) is 31.2 Å². The fourth-order valence-electron chi connectivity index (χ4n) is 3.94. The van der Waals surface area contributed by atoms with Crippen molar-refractivity contribution < 1.29 is 19.1 Å². The van der Waals surface area contributed by atoms with Crippen LogP contribution in [0.15, 0.2) is 82.7 Å². The topological polar surface area (TPSA) is 83.4 Å². The van der Waals surface area contributed by atoms with Crippen molar-refractivity contribution in [3.8, 4) is 0 Å². The highest BCUT2D eigenvalue weighted by molar-refractivity contribution is 8.00. The zero-order chi connectivity index (χ0) is 26.1. The molecule has 0 radical (unpaired) electrons. The van der Waals surface area contributed by atoms with Gasteiger partial charge in [-0.15, -0.1) is 10.2 Å². The standard InChI is InChI=1S/C27H19ClFN3O3S2/c1-15-2-4-16(5-3-15)14-36-27-31-30-26(37-27)32-22(17-8-12-20(29)13-9-17)21(24(34)25(32)35)23(33)18-6-10-19(28)11-7-18/h2-13,22,33H,14H2,1H3/b23-21-. The van der Waals surface area contributed by atoms with Crippen LogP contribution in [0.1, 0.15) is 28.3 Å². The van der Waals surface area contributed by atoms with Gasteiger partial charge >= 0.3 is 5.91 Å². The Morgan fingerprint density at radius 2 is 1.70 bits per heavy atom. The lowest BCUT2D eigenvalue weighted by atomic mass is 9.95. The van der Waals surface area contributed by atoms with Crippen molar-refractivity contribution in [1.82, 2.24) is 10.2 Å². The SMILES string of the molecule is Cc1ccc(CSc2nnc(N3C(=O)C(=O)/C(=C(\O)c4ccc(Cl)cc4)C3c3ccc(F)cc3)s2)cc1. The lowest BCUT2D eigenvalue weighted by Crippen LogP contribution is -2.29. The van der Waals surface area contributed by atoms with Gasteiger partial charge in [0.25, 0.3) is 5.78 Å². The predicted octanol–water partition coefficient (Wildman–Crippen LogP) is 6.56. The van der Waals surface area contributed by atoms with Gasteiger partial charge in [-0.3, -0.25) is 14.5 Å². The molecule has 6 nitrogen and oxygen atoms in total. The molecule has 1 unspecified atom stereocenters. The number of aryl methyl sites for hydroxylation is 1. The van der Waals surface area contributed by atoms with Crippen LogP contribution >= 0.6 is 34.7 Å². The molecule has 1 N–H and O–H groups in total. The second kappa shape index (κ2) is 10.5. The van der Waals surface area contributed by atoms with Crippen LogP contribution in [0.5, 0.6) is 0 Å². The Balaban J connectivity index is 1.53. The van der Waals surface area contributed by atoms with Gasteiger partial charge in [-0.1, -0.05) is 76.7 Å². The summed E-state index contributed by atoms with van der Waals surface area (Å²) in [6.45, 7) is 2.02. The summed E-state index contributed by atoms with van der Waals surface area (Å²) in [7, 11) is 0. The predicted molar refractivity (Wildman–Crippen MR) is 143 cm³/mol. The average molecular weight is 552 g/mol. The van der Waals surface area contributed by atoms with Gasteiger partial charge in [-0.2, -0.15) is 0 Å². The largest absolute Gasteiger partial charge is 0.507 e. The highest BCUT2D eigenvalue weighted by Crippen LogP contribution is 2.44. The number of aliphatic hydroxyl groups is 1. The van der Waals surface area contributed by atoms with Gasteiger partial charge in [0.2, 0.25) is 5.13 Å². The minimum Gasteiger partial charge on any atom is -0.507 e. The molecule has 0 aliphatic carbocycles. The monoisotopic (exact) mass is 551 g/mol. The molecule has 1 aromatic heterocycles. The van der Waals surface area contributed by atoms with Crippen LogP contribution in [-0.4, -0.2) is 27.0 Å². The second-order valence-corrected chi connectivity index (χ2v) is 11.0. The highest BCUT2D eigenvalue weighted by Gasteiger charge is 2.48. The van der Waals surface area contributed by atoms with Gasteiger partial charge in [0, 0.05) is 16.3 Å². The Hall–Kier alpha value is -3.53. The van der Waals surface area contributed by atoms with Crippen molar-refractivity contribution in [2.24, 2.45) is 0 Å². The van der Waals surface area contributed by atoms with Gasteiger partial charge in [-0.05, 0) is 54.4 Å². The minimum absolute atomic E-state index is 0.122. The first kappa shape index (κ1) is 25.1. The fourth-order valence-corrected chi connectivity index (χ4v) is 5.89. The highest BCUT2D eigenvalue weighted by atomic mass is 35.5. The molecule has 1 fully saturated rings. The molecule has 2 heterocycles. The molecule has 0 bridgehead atoms. The van der Waals surface area contributed by atoms with Crippen molar-refractivity contribution in [3.05, 3.63) is 111 Å². The lowest BCUT2D eigenvalue weighted by Gasteiger charge is -2.22. The number of halogens is 2. The van der Waals surface area contributed by atoms with E-state index in [-0.39, 0.29) is 16.5 Å². The number of carbonyl (C=O) groups is 2. The average Bonchev–Trinajstić information content (AvgIpc) is 3.46. The molecule has 37 heavy (non-hydrogen) atoms. The third kappa shape index (κ3) is 5.16. The van der Waals surface area contributed by atoms with E-state index in [9.17, 15) is 19.1 Å². The van der Waals surface area contributed by atoms with Gasteiger partial charge < -0.3 is 5.11 Å². The number of benzene rings is 3. The number of Topliss-reactive ketones (excluding diaryl/α,β-unsaturated/α-hetero) is 1. The van der Waals surface area contributed by atoms with E-state index in [0.717, 1.165) is 5.56 Å². The number of amides is 1. The molecular formula is C27H19ClFN3O3S2. The number of thioether (sulfide) groups is 1. The zero-order valence-corrected chi connectivity index (χ0v) is 21.8. The maximum absolute atomic E-state index is 13.7. The molecule has 0 spiro atoms. The van der Waals surface area contributed by atoms with E-state index in [0.29, 0.717) is 26.2 Å². The summed E-state index contributed by atoms with van der Waals surface area (Å²) >= 11 is 8.60. The van der Waals surface area contributed by atoms with Crippen molar-refractivity contribution >= 4 is 57.3 Å². The maximum atomic E-state index is 13.7. The van der Waals surface area contributed by atoms with Gasteiger partial charge in [-0.25, -0.2) is 4.39 Å². The van der Waals surface area contributed by atoms with Crippen LogP contribution < -0.4 is 4.90 Å². The Labute approximate surface area is 225 Å². The minimum atomic E-state index is -1.01. The molecule has 1 aliphatic heterocycles. The van der Waals surface area contributed by atoms with Crippen LogP contribution in [-0.2, 0) is 15.3 Å². The van der Waals surface area contributed by atoms with E-state index in [4.69, 9.17) is 11.6 Å². The van der Waals surface area contributed by atoms with E-state index in [1.165, 1.54) is 57.8 Å². The van der Waals surface area contributed by atoms with Crippen LogP contribution in [0, 0.1) is 12.7 Å². The lowest BCUT2D eigenvalue weighted by molar-refractivity contribution is -0.132. The van der Waals surface area contributed by atoms with E-state index in [1.54, 1.807) is 24.3 Å². The summed E-state index contributed by atoms with van der Waals surface area (Å²) < 4.78 is 14.3. The molecule has 1 amide bonds. The maximum Gasteiger partial charge on any atom is 0.301 e. The van der Waals surface area contributed by atoms with E-state index >= 15 is 0 Å². The molecule has 1 saturated heterocycles. The fraction of sp³-hybridized carbons (Fsp3) is 0.111. The third-order valence-electron chi connectivity index (χ3n) is 5.83. The first-order valence-corrected chi connectivity index (χ1v) is 13.3. The summed E-state index contributed by atoms with van der Waals surface area (Å²) in [5.41, 5.74) is 2.92. The van der Waals surface area contributed by atoms with Crippen LogP contribution in [0.4, 0.5) is 9.52 Å². The number of aliphatic hydroxyl groups excluding tert-OH is 1. The first-order chi connectivity index (χ1) is 17.8. The second-order valence-electron chi connectivity index (χ2n) is 8.35. The van der Waals surface area contributed by atoms with Crippen molar-refractivity contribution in [3.63, 3.8) is 0 Å².